The molecule has 1 aliphatic rings. The van der Waals surface area contributed by atoms with Gasteiger partial charge < -0.3 is 14.1 Å². The van der Waals surface area contributed by atoms with Crippen LogP contribution in [0.25, 0.3) is 28.2 Å². The van der Waals surface area contributed by atoms with Gasteiger partial charge in [-0.15, -0.1) is 10.2 Å². The Balaban J connectivity index is 1.69. The highest BCUT2D eigenvalue weighted by Crippen LogP contribution is 2.38. The van der Waals surface area contributed by atoms with Crippen LogP contribution in [0.2, 0.25) is 0 Å². The Morgan fingerprint density at radius 1 is 1.16 bits per heavy atom. The number of hydrogen-bond acceptors (Lipinski definition) is 6. The molecule has 1 atom stereocenters. The van der Waals surface area contributed by atoms with Crippen LogP contribution in [0.3, 0.4) is 0 Å². The van der Waals surface area contributed by atoms with E-state index in [2.05, 4.69) is 20.3 Å². The third kappa shape index (κ3) is 3.38. The van der Waals surface area contributed by atoms with Gasteiger partial charge in [0.25, 0.3) is 11.4 Å². The molecule has 1 fully saturated rings. The third-order valence-electron chi connectivity index (χ3n) is 5.47. The van der Waals surface area contributed by atoms with Gasteiger partial charge in [0.1, 0.15) is 11.2 Å². The van der Waals surface area contributed by atoms with Crippen LogP contribution in [0.5, 0.6) is 0 Å². The average molecular weight is 445 g/mol. The second-order valence-electron chi connectivity index (χ2n) is 7.64. The largest absolute Gasteiger partial charge is 0.435 e. The zero-order valence-electron chi connectivity index (χ0n) is 16.9. The van der Waals surface area contributed by atoms with Crippen molar-refractivity contribution in [1.29, 1.82) is 0 Å². The first-order valence-electron chi connectivity index (χ1n) is 10.0. The minimum absolute atomic E-state index is 0.0242. The fourth-order valence-corrected chi connectivity index (χ4v) is 3.95. The fraction of sp³-hybridized carbons (Fsp3) is 0.333. The van der Waals surface area contributed by atoms with Crippen molar-refractivity contribution in [3.63, 3.8) is 0 Å². The lowest BCUT2D eigenvalue weighted by Gasteiger charge is -2.18. The van der Waals surface area contributed by atoms with Crippen LogP contribution in [0, 0.1) is 6.92 Å². The molecule has 1 aromatic carbocycles. The number of nitrogens with zero attached hydrogens (tertiary/aromatic N) is 4. The fourth-order valence-electron chi connectivity index (χ4n) is 3.95. The number of nitrogens with one attached hydrogen (secondary N) is 1. The maximum absolute atomic E-state index is 13.8. The van der Waals surface area contributed by atoms with Crippen LogP contribution < -0.4 is 5.56 Å². The number of ether oxygens (including phenoxy) is 1. The van der Waals surface area contributed by atoms with E-state index in [4.69, 9.17) is 9.15 Å². The number of H-pyrrole nitrogens is 1. The van der Waals surface area contributed by atoms with Crippen LogP contribution in [-0.2, 0) is 10.9 Å². The van der Waals surface area contributed by atoms with Crippen molar-refractivity contribution in [2.24, 2.45) is 0 Å². The van der Waals surface area contributed by atoms with Gasteiger partial charge in [-0.25, -0.2) is 0 Å². The van der Waals surface area contributed by atoms with E-state index in [0.717, 1.165) is 12.8 Å². The minimum Gasteiger partial charge on any atom is -0.420 e. The molecule has 0 aliphatic carbocycles. The van der Waals surface area contributed by atoms with E-state index < -0.39 is 17.4 Å². The van der Waals surface area contributed by atoms with E-state index in [9.17, 15) is 18.0 Å². The first-order chi connectivity index (χ1) is 15.3. The van der Waals surface area contributed by atoms with Gasteiger partial charge in [-0.3, -0.25) is 4.79 Å². The zero-order valence-corrected chi connectivity index (χ0v) is 16.9. The lowest BCUT2D eigenvalue weighted by atomic mass is 10.0. The SMILES string of the molecule is Cc1[nH]c2c(-c3ccccc3)c(C(F)(F)F)nn2c(=O)c1-c1nnc(C2CCCOC2)o1. The predicted octanol–water partition coefficient (Wildman–Crippen LogP) is 3.96. The van der Waals surface area contributed by atoms with Crippen LogP contribution in [0.4, 0.5) is 13.2 Å². The van der Waals surface area contributed by atoms with Crippen LogP contribution in [0.1, 0.15) is 36.0 Å². The molecular formula is C21H18F3N5O3. The summed E-state index contributed by atoms with van der Waals surface area (Å²) in [6.07, 6.45) is -3.10. The summed E-state index contributed by atoms with van der Waals surface area (Å²) in [4.78, 5) is 16.1. The molecule has 5 rings (SSSR count). The van der Waals surface area contributed by atoms with Gasteiger partial charge in [0.05, 0.1) is 18.1 Å². The Hall–Kier alpha value is -3.47. The maximum Gasteiger partial charge on any atom is 0.435 e. The molecule has 0 saturated carbocycles. The zero-order chi connectivity index (χ0) is 22.5. The lowest BCUT2D eigenvalue weighted by molar-refractivity contribution is -0.140. The van der Waals surface area contributed by atoms with Crippen LogP contribution in [-0.4, -0.2) is 38.0 Å². The first-order valence-corrected chi connectivity index (χ1v) is 10.0. The molecule has 8 nitrogen and oxygen atoms in total. The van der Waals surface area contributed by atoms with Gasteiger partial charge >= 0.3 is 6.18 Å². The summed E-state index contributed by atoms with van der Waals surface area (Å²) < 4.78 is 53.2. The standard InChI is InChI=1S/C21H18F3N5O3/c1-11-14(19-27-26-18(32-19)13-8-5-9-31-10-13)20(30)29-17(25-11)15(12-6-3-2-4-7-12)16(28-29)21(22,23)24/h2-4,6-7,13,25H,5,8-10H2,1H3. The number of benzene rings is 1. The molecule has 0 radical (unpaired) electrons. The number of halogens is 3. The molecular weight excluding hydrogens is 427 g/mol. The smallest absolute Gasteiger partial charge is 0.420 e. The highest BCUT2D eigenvalue weighted by molar-refractivity contribution is 5.81. The summed E-state index contributed by atoms with van der Waals surface area (Å²) >= 11 is 0. The number of hydrogen-bond donors (Lipinski definition) is 1. The Labute approximate surface area is 179 Å². The van der Waals surface area contributed by atoms with Crippen molar-refractivity contribution < 1.29 is 22.3 Å². The van der Waals surface area contributed by atoms with Crippen molar-refractivity contribution >= 4 is 5.65 Å². The molecule has 0 amide bonds. The molecule has 166 valence electrons. The van der Waals surface area contributed by atoms with Gasteiger partial charge in [0.2, 0.25) is 5.89 Å². The number of fused-ring (bicyclic) bond motifs is 1. The number of aromatic amines is 1. The molecule has 1 saturated heterocycles. The van der Waals surface area contributed by atoms with Crippen molar-refractivity contribution in [3.05, 3.63) is 58.0 Å². The van der Waals surface area contributed by atoms with E-state index in [-0.39, 0.29) is 34.1 Å². The number of alkyl halides is 3. The molecule has 32 heavy (non-hydrogen) atoms. The summed E-state index contributed by atoms with van der Waals surface area (Å²) in [5.41, 5.74) is -1.63. The van der Waals surface area contributed by atoms with E-state index >= 15 is 0 Å². The Morgan fingerprint density at radius 3 is 2.62 bits per heavy atom. The quantitative estimate of drug-likeness (QED) is 0.513. The van der Waals surface area contributed by atoms with Crippen LogP contribution in [0.15, 0.2) is 39.5 Å². The topological polar surface area (TPSA) is 98.3 Å². The van der Waals surface area contributed by atoms with Crippen molar-refractivity contribution in [2.45, 2.75) is 31.9 Å². The number of aromatic nitrogens is 5. The number of aryl methyl sites for hydroxylation is 1. The summed E-state index contributed by atoms with van der Waals surface area (Å²) in [6, 6.07) is 7.99. The maximum atomic E-state index is 13.8. The van der Waals surface area contributed by atoms with Crippen molar-refractivity contribution in [3.8, 4) is 22.6 Å². The normalized spacial score (nSPS) is 17.2. The van der Waals surface area contributed by atoms with E-state index in [1.807, 2.05) is 0 Å². The minimum atomic E-state index is -4.76. The third-order valence-corrected chi connectivity index (χ3v) is 5.47. The average Bonchev–Trinajstić information content (AvgIpc) is 3.40. The first kappa shape index (κ1) is 20.4. The molecule has 0 bridgehead atoms. The van der Waals surface area contributed by atoms with E-state index in [1.165, 1.54) is 12.1 Å². The second kappa shape index (κ2) is 7.59. The molecule has 3 aromatic heterocycles. The summed E-state index contributed by atoms with van der Waals surface area (Å²) in [5.74, 6) is 0.177. The summed E-state index contributed by atoms with van der Waals surface area (Å²) in [6.45, 7) is 2.67. The second-order valence-corrected chi connectivity index (χ2v) is 7.64. The predicted molar refractivity (Wildman–Crippen MR) is 107 cm³/mol. The molecule has 4 aromatic rings. The number of rotatable bonds is 3. The van der Waals surface area contributed by atoms with Crippen LogP contribution >= 0.6 is 0 Å². The molecule has 1 unspecified atom stereocenters. The highest BCUT2D eigenvalue weighted by atomic mass is 19.4. The lowest BCUT2D eigenvalue weighted by Crippen LogP contribution is -2.20. The van der Waals surface area contributed by atoms with Gasteiger partial charge in [-0.2, -0.15) is 22.8 Å². The Morgan fingerprint density at radius 2 is 1.94 bits per heavy atom. The van der Waals surface area contributed by atoms with E-state index in [1.54, 1.807) is 25.1 Å². The van der Waals surface area contributed by atoms with Gasteiger partial charge in [0.15, 0.2) is 5.69 Å². The molecule has 1 aliphatic heterocycles. The highest BCUT2D eigenvalue weighted by Gasteiger charge is 2.39. The van der Waals surface area contributed by atoms with Crippen molar-refractivity contribution in [2.75, 3.05) is 13.2 Å². The summed E-state index contributed by atoms with van der Waals surface area (Å²) in [7, 11) is 0. The monoisotopic (exact) mass is 445 g/mol. The molecule has 11 heteroatoms. The summed E-state index contributed by atoms with van der Waals surface area (Å²) in [5, 5.41) is 11.6. The Kier molecular flexibility index (Phi) is 4.85. The van der Waals surface area contributed by atoms with Gasteiger partial charge in [-0.05, 0) is 25.3 Å². The molecule has 1 N–H and O–H groups in total. The van der Waals surface area contributed by atoms with Gasteiger partial charge in [-0.1, -0.05) is 30.3 Å². The van der Waals surface area contributed by atoms with E-state index in [0.29, 0.717) is 29.3 Å². The Bertz CT molecular complexity index is 1330. The molecule has 4 heterocycles. The van der Waals surface area contributed by atoms with Crippen molar-refractivity contribution in [1.82, 2.24) is 24.8 Å². The molecule has 0 spiro atoms. The van der Waals surface area contributed by atoms with Gasteiger partial charge in [0, 0.05) is 12.3 Å².